The highest BCUT2D eigenvalue weighted by atomic mass is 32.2. The van der Waals surface area contributed by atoms with Gasteiger partial charge in [0.05, 0.1) is 55.9 Å². The molecule has 2 fully saturated rings. The fraction of sp³-hybridized carbons (Fsp3) is 0.406. The van der Waals surface area contributed by atoms with Crippen molar-refractivity contribution in [1.29, 1.82) is 0 Å². The zero-order valence-corrected chi connectivity index (χ0v) is 52.4. The van der Waals surface area contributed by atoms with Crippen molar-refractivity contribution in [2.45, 2.75) is 94.2 Å². The Bertz CT molecular complexity index is 3910. The van der Waals surface area contributed by atoms with Crippen LogP contribution in [-0.2, 0) is 81.7 Å². The third-order valence-corrected chi connectivity index (χ3v) is 18.4. The van der Waals surface area contributed by atoms with E-state index < -0.39 is 27.5 Å². The molecule has 4 N–H and O–H groups in total. The number of ketones is 2. The van der Waals surface area contributed by atoms with Crippen molar-refractivity contribution >= 4 is 91.5 Å². The smallest absolute Gasteiger partial charge is 0.278 e. The Labute approximate surface area is 524 Å². The molecule has 24 nitrogen and oxygen atoms in total. The first-order valence-electron chi connectivity index (χ1n) is 29.5. The third-order valence-electron chi connectivity index (χ3n) is 16.2. The number of nitrogens with zero attached hydrogens (tertiary/aromatic N) is 6. The summed E-state index contributed by atoms with van der Waals surface area (Å²) >= 11 is 1.32. The molecular weight excluding hydrogens is 1200 g/mol. The van der Waals surface area contributed by atoms with Gasteiger partial charge in [0.25, 0.3) is 21.9 Å². The summed E-state index contributed by atoms with van der Waals surface area (Å²) in [7, 11) is -1.06. The van der Waals surface area contributed by atoms with Crippen molar-refractivity contribution < 1.29 is 70.3 Å². The number of likely N-dealkylation sites (tertiary alicyclic amines) is 1. The van der Waals surface area contributed by atoms with E-state index in [1.165, 1.54) is 16.7 Å². The van der Waals surface area contributed by atoms with Gasteiger partial charge in [-0.15, -0.1) is 0 Å². The van der Waals surface area contributed by atoms with E-state index in [2.05, 4.69) is 27.5 Å². The highest BCUT2D eigenvalue weighted by Gasteiger charge is 2.46. The van der Waals surface area contributed by atoms with Crippen molar-refractivity contribution in [3.05, 3.63) is 137 Å². The second kappa shape index (κ2) is 28.9. The van der Waals surface area contributed by atoms with E-state index in [1.54, 1.807) is 96.7 Å². The zero-order valence-electron chi connectivity index (χ0n) is 50.8. The fourth-order valence-electron chi connectivity index (χ4n) is 11.3. The van der Waals surface area contributed by atoms with Gasteiger partial charge in [0.1, 0.15) is 16.7 Å². The Kier molecular flexibility index (Phi) is 21.2. The van der Waals surface area contributed by atoms with Gasteiger partial charge in [-0.1, -0.05) is 42.5 Å². The number of Topliss-reactive ketones (excluding diaryl/α,β-unsaturated/α-hetero) is 2. The Morgan fingerprint density at radius 2 is 1.56 bits per heavy atom. The topological polar surface area (TPSA) is 306 Å². The zero-order chi connectivity index (χ0) is 64.6. The predicted molar refractivity (Wildman–Crippen MR) is 335 cm³/mol. The van der Waals surface area contributed by atoms with Crippen LogP contribution < -0.4 is 20.7 Å². The molecule has 9 rings (SSSR count). The van der Waals surface area contributed by atoms with Crippen molar-refractivity contribution in [3.63, 3.8) is 0 Å². The molecule has 0 spiro atoms. The standard InChI is InChI=1S/C64H73N9O15S2/c1-38-26-49-55(90(83,84)85)33-45-32-53(39(2)27-47(45)62(80)73(49)35-38)88-21-7-8-58(77)67-56-37-70(5)61(68-56)52(75)29-41-9-12-43(13-10-41)46-31-50(69(4)36-46)63(81)71-19-15-44-28-42(11-14-48(44)71)30-51(74)40(3)66-59(78)17-22-86-24-25-87-23-18-65-57(76)16-20-72-60(79)34-54(89-6)64(72)82/h9-15,19,27-28,31-32,36-37,40,49,54-55H,1,7-8,16-18,20-26,29-30,33-35H2,2-6H3,(H,65,76)(H,66,78)(H,67,77)(H,83,84,85)/t40-,49-,54?,55?/m0/s1. The molecule has 0 radical (unpaired) electrons. The van der Waals surface area contributed by atoms with Crippen molar-refractivity contribution in [2.75, 3.05) is 64.2 Å². The molecule has 3 aliphatic rings. The van der Waals surface area contributed by atoms with Crippen LogP contribution in [0.15, 0.2) is 97.5 Å². The van der Waals surface area contributed by atoms with Gasteiger partial charge < -0.3 is 44.2 Å². The molecule has 0 bridgehead atoms. The number of aryl methyl sites for hydroxylation is 3. The molecule has 3 aliphatic heterocycles. The van der Waals surface area contributed by atoms with Crippen molar-refractivity contribution in [1.82, 2.24) is 39.1 Å². The monoisotopic (exact) mass is 1270 g/mol. The SMILES string of the molecule is C=C1C[C@H]2C(S(=O)(=O)O)Cc3cc(OCCCC(=O)Nc4cn(C)c(C(=O)Cc5ccc(-c6cc(C(=O)n7ccc8cc(CC(=O)[C@H](C)NC(=O)CCOCCOCCNC(=O)CCN9C(=O)CC(SC)C9=O)ccc87)n(C)c6)cc5)n4)c(C)cc3C(=O)N2C1. The summed E-state index contributed by atoms with van der Waals surface area (Å²) in [5.41, 5.74) is 6.28. The van der Waals surface area contributed by atoms with Gasteiger partial charge in [-0.3, -0.25) is 57.2 Å². The molecule has 4 atom stereocenters. The van der Waals surface area contributed by atoms with Crippen LogP contribution in [0.25, 0.3) is 22.0 Å². The highest BCUT2D eigenvalue weighted by Crippen LogP contribution is 2.37. The van der Waals surface area contributed by atoms with Crippen LogP contribution in [0.2, 0.25) is 0 Å². The molecular formula is C64H73N9O15S2. The number of imide groups is 1. The summed E-state index contributed by atoms with van der Waals surface area (Å²) in [6, 6.07) is 18.2. The summed E-state index contributed by atoms with van der Waals surface area (Å²) in [6.45, 7) is 8.73. The van der Waals surface area contributed by atoms with Crippen LogP contribution in [-0.4, -0.2) is 176 Å². The van der Waals surface area contributed by atoms with Crippen LogP contribution in [0.1, 0.15) is 99.2 Å². The largest absolute Gasteiger partial charge is 0.493 e. The normalized spacial score (nSPS) is 16.9. The summed E-state index contributed by atoms with van der Waals surface area (Å²) < 4.78 is 56.9. The molecule has 6 aromatic rings. The first kappa shape index (κ1) is 65.9. The van der Waals surface area contributed by atoms with Gasteiger partial charge in [-0.05, 0) is 104 Å². The second-order valence-corrected chi connectivity index (χ2v) is 25.4. The van der Waals surface area contributed by atoms with Gasteiger partial charge in [0, 0.05) is 107 Å². The Morgan fingerprint density at radius 3 is 2.29 bits per heavy atom. The number of anilines is 1. The quantitative estimate of drug-likeness (QED) is 0.0154. The minimum Gasteiger partial charge on any atom is -0.493 e. The molecule has 2 unspecified atom stereocenters. The minimum atomic E-state index is -4.50. The first-order valence-corrected chi connectivity index (χ1v) is 32.3. The third kappa shape index (κ3) is 15.9. The van der Waals surface area contributed by atoms with Crippen LogP contribution in [0.5, 0.6) is 5.75 Å². The van der Waals surface area contributed by atoms with E-state index in [1.807, 2.05) is 36.5 Å². The summed E-state index contributed by atoms with van der Waals surface area (Å²) in [5.74, 6) is -1.81. The Balaban J connectivity index is 0.676. The highest BCUT2D eigenvalue weighted by molar-refractivity contribution is 8.00. The number of hydrogen-bond donors (Lipinski definition) is 4. The Hall–Kier alpha value is -8.56. The van der Waals surface area contributed by atoms with E-state index >= 15 is 0 Å². The summed E-state index contributed by atoms with van der Waals surface area (Å²) in [6.07, 6.45) is 7.71. The molecule has 0 saturated carbocycles. The van der Waals surface area contributed by atoms with Gasteiger partial charge in [-0.25, -0.2) is 4.98 Å². The van der Waals surface area contributed by atoms with Gasteiger partial charge in [0.2, 0.25) is 35.3 Å². The molecule has 6 heterocycles. The van der Waals surface area contributed by atoms with Crippen LogP contribution in [0.4, 0.5) is 5.82 Å². The number of carbonyl (C=O) groups is 9. The Morgan fingerprint density at radius 1 is 0.811 bits per heavy atom. The number of aromatic nitrogens is 4. The number of benzene rings is 3. The lowest BCUT2D eigenvalue weighted by Gasteiger charge is -2.26. The second-order valence-electron chi connectivity index (χ2n) is 22.8. The van der Waals surface area contributed by atoms with Crippen LogP contribution in [0, 0.1) is 6.92 Å². The van der Waals surface area contributed by atoms with Gasteiger partial charge >= 0.3 is 0 Å². The predicted octanol–water partition coefficient (Wildman–Crippen LogP) is 5.22. The number of hydrogen-bond acceptors (Lipinski definition) is 16. The van der Waals surface area contributed by atoms with E-state index in [-0.39, 0.29) is 174 Å². The van der Waals surface area contributed by atoms with E-state index in [4.69, 9.17) is 14.2 Å². The maximum Gasteiger partial charge on any atom is 0.278 e. The molecule has 6 amide bonds. The molecule has 2 saturated heterocycles. The average Bonchev–Trinajstić information content (AvgIpc) is 1.62. The fourth-order valence-corrected chi connectivity index (χ4v) is 13.0. The summed E-state index contributed by atoms with van der Waals surface area (Å²) in [4.78, 5) is 123. The summed E-state index contributed by atoms with van der Waals surface area (Å²) in [5, 5.41) is 7.31. The molecule has 90 heavy (non-hydrogen) atoms. The van der Waals surface area contributed by atoms with Crippen molar-refractivity contribution in [3.8, 4) is 16.9 Å². The lowest BCUT2D eigenvalue weighted by Crippen LogP contribution is -2.44. The van der Waals surface area contributed by atoms with E-state index in [0.29, 0.717) is 45.6 Å². The average molecular weight is 1270 g/mol. The maximum atomic E-state index is 14.0. The van der Waals surface area contributed by atoms with Crippen molar-refractivity contribution in [2.24, 2.45) is 14.1 Å². The number of fused-ring (bicyclic) bond motifs is 3. The lowest BCUT2D eigenvalue weighted by molar-refractivity contribution is -0.138. The molecule has 476 valence electrons. The first-order chi connectivity index (χ1) is 42.9. The molecule has 3 aromatic carbocycles. The van der Waals surface area contributed by atoms with E-state index in [0.717, 1.165) is 32.5 Å². The number of ether oxygens (including phenoxy) is 3. The number of amides is 6. The minimum absolute atomic E-state index is 0.0101. The lowest BCUT2D eigenvalue weighted by atomic mass is 9.98. The van der Waals surface area contributed by atoms with Crippen LogP contribution in [0.3, 0.4) is 0 Å². The van der Waals surface area contributed by atoms with Gasteiger partial charge in [-0.2, -0.15) is 20.2 Å². The number of thioether (sulfide) groups is 1. The molecule has 3 aromatic heterocycles. The number of rotatable bonds is 29. The molecule has 26 heteroatoms. The van der Waals surface area contributed by atoms with E-state index in [9.17, 15) is 56.1 Å². The number of carbonyl (C=O) groups excluding carboxylic acids is 9. The molecule has 0 aliphatic carbocycles. The number of nitrogens with one attached hydrogen (secondary N) is 3. The van der Waals surface area contributed by atoms with Gasteiger partial charge in [0.15, 0.2) is 17.4 Å². The number of imidazole rings is 1. The maximum absolute atomic E-state index is 14.0. The van der Waals surface area contributed by atoms with Crippen LogP contribution >= 0.6 is 11.8 Å².